The third-order valence-electron chi connectivity index (χ3n) is 5.07. The first-order valence-corrected chi connectivity index (χ1v) is 9.42. The summed E-state index contributed by atoms with van der Waals surface area (Å²) in [5.41, 5.74) is 1.22. The zero-order valence-corrected chi connectivity index (χ0v) is 15.2. The molecule has 0 aliphatic carbocycles. The number of carbonyl (C=O) groups is 1. The smallest absolute Gasteiger partial charge is 0.273 e. The van der Waals surface area contributed by atoms with E-state index in [-0.39, 0.29) is 17.8 Å². The van der Waals surface area contributed by atoms with Gasteiger partial charge in [-0.25, -0.2) is 9.07 Å². The minimum atomic E-state index is -0.272. The third kappa shape index (κ3) is 4.88. The Labute approximate surface area is 153 Å². The number of nitrogens with one attached hydrogen (secondary N) is 2. The Morgan fingerprint density at radius 2 is 1.92 bits per heavy atom. The first kappa shape index (κ1) is 18.5. The second kappa shape index (κ2) is 8.89. The van der Waals surface area contributed by atoms with Crippen LogP contribution in [-0.2, 0) is 0 Å². The Kier molecular flexibility index (Phi) is 6.33. The quantitative estimate of drug-likeness (QED) is 0.814. The zero-order chi connectivity index (χ0) is 18.4. The van der Waals surface area contributed by atoms with E-state index in [4.69, 9.17) is 0 Å². The van der Waals surface area contributed by atoms with Gasteiger partial charge in [0, 0.05) is 0 Å². The SMILES string of the molecule is C[C@@H](c1ccc(F)cc1)n1cc(C(=O)NCC[NH+]2CCCCCC2)nn1. The zero-order valence-electron chi connectivity index (χ0n) is 15.2. The lowest BCUT2D eigenvalue weighted by Gasteiger charge is -2.16. The number of rotatable bonds is 6. The van der Waals surface area contributed by atoms with Crippen LogP contribution in [0.4, 0.5) is 4.39 Å². The van der Waals surface area contributed by atoms with E-state index in [1.165, 1.54) is 50.9 Å². The van der Waals surface area contributed by atoms with Crippen molar-refractivity contribution in [3.05, 3.63) is 47.5 Å². The number of likely N-dealkylation sites (tertiary alicyclic amines) is 1. The molecule has 1 aromatic heterocycles. The van der Waals surface area contributed by atoms with Crippen molar-refractivity contribution < 1.29 is 14.1 Å². The molecule has 2 aromatic rings. The lowest BCUT2D eigenvalue weighted by molar-refractivity contribution is -0.898. The van der Waals surface area contributed by atoms with Gasteiger partial charge in [-0.3, -0.25) is 4.79 Å². The molecule has 0 bridgehead atoms. The molecule has 1 fully saturated rings. The Balaban J connectivity index is 1.51. The van der Waals surface area contributed by atoms with E-state index in [2.05, 4.69) is 15.6 Å². The molecule has 7 heteroatoms. The van der Waals surface area contributed by atoms with Crippen LogP contribution in [-0.4, -0.2) is 47.1 Å². The summed E-state index contributed by atoms with van der Waals surface area (Å²) in [6.07, 6.45) is 6.84. The fourth-order valence-corrected chi connectivity index (χ4v) is 3.39. The van der Waals surface area contributed by atoms with Gasteiger partial charge < -0.3 is 10.2 Å². The highest BCUT2D eigenvalue weighted by molar-refractivity contribution is 5.91. The van der Waals surface area contributed by atoms with Gasteiger partial charge in [0.15, 0.2) is 5.69 Å². The van der Waals surface area contributed by atoms with Crippen LogP contribution in [0.1, 0.15) is 54.7 Å². The molecular weight excluding hydrogens is 333 g/mol. The topological polar surface area (TPSA) is 64.2 Å². The van der Waals surface area contributed by atoms with Crippen molar-refractivity contribution in [2.75, 3.05) is 26.2 Å². The monoisotopic (exact) mass is 360 g/mol. The Morgan fingerprint density at radius 1 is 1.23 bits per heavy atom. The molecule has 3 rings (SSSR count). The average molecular weight is 360 g/mol. The highest BCUT2D eigenvalue weighted by atomic mass is 19.1. The van der Waals surface area contributed by atoms with Crippen LogP contribution >= 0.6 is 0 Å². The first-order chi connectivity index (χ1) is 12.6. The van der Waals surface area contributed by atoms with Gasteiger partial charge in [0.2, 0.25) is 0 Å². The number of quaternary nitrogens is 1. The predicted molar refractivity (Wildman–Crippen MR) is 96.6 cm³/mol. The second-order valence-corrected chi connectivity index (χ2v) is 6.98. The Morgan fingerprint density at radius 3 is 2.62 bits per heavy atom. The van der Waals surface area contributed by atoms with Gasteiger partial charge in [0.05, 0.1) is 38.4 Å². The molecule has 140 valence electrons. The highest BCUT2D eigenvalue weighted by Crippen LogP contribution is 2.17. The summed E-state index contributed by atoms with van der Waals surface area (Å²) in [4.78, 5) is 13.9. The molecule has 0 saturated carbocycles. The number of aromatic nitrogens is 3. The van der Waals surface area contributed by atoms with Gasteiger partial charge >= 0.3 is 0 Å². The normalized spacial score (nSPS) is 16.8. The minimum Gasteiger partial charge on any atom is -0.345 e. The number of nitrogens with zero attached hydrogens (tertiary/aromatic N) is 3. The number of hydrogen-bond donors (Lipinski definition) is 2. The van der Waals surface area contributed by atoms with Gasteiger partial charge in [-0.1, -0.05) is 17.3 Å². The number of halogens is 1. The molecule has 1 amide bonds. The van der Waals surface area contributed by atoms with Crippen LogP contribution in [0.5, 0.6) is 0 Å². The lowest BCUT2D eigenvalue weighted by atomic mass is 10.1. The van der Waals surface area contributed by atoms with Crippen molar-refractivity contribution in [2.24, 2.45) is 0 Å². The van der Waals surface area contributed by atoms with E-state index in [1.807, 2.05) is 6.92 Å². The second-order valence-electron chi connectivity index (χ2n) is 6.98. The van der Waals surface area contributed by atoms with E-state index in [0.29, 0.717) is 12.2 Å². The van der Waals surface area contributed by atoms with Crippen LogP contribution < -0.4 is 10.2 Å². The van der Waals surface area contributed by atoms with Crippen LogP contribution in [0.2, 0.25) is 0 Å². The summed E-state index contributed by atoms with van der Waals surface area (Å²) in [7, 11) is 0. The van der Waals surface area contributed by atoms with E-state index < -0.39 is 0 Å². The van der Waals surface area contributed by atoms with Gasteiger partial charge in [-0.05, 0) is 50.3 Å². The van der Waals surface area contributed by atoms with Gasteiger partial charge in [0.1, 0.15) is 5.82 Å². The fraction of sp³-hybridized carbons (Fsp3) is 0.526. The molecule has 1 aliphatic rings. The summed E-state index contributed by atoms with van der Waals surface area (Å²) in [6.45, 7) is 5.93. The molecule has 0 radical (unpaired) electrons. The van der Waals surface area contributed by atoms with E-state index in [9.17, 15) is 9.18 Å². The standard InChI is InChI=1S/C19H26FN5O/c1-15(16-6-8-17(20)9-7-16)25-14-18(22-23-25)19(26)21-10-13-24-11-4-2-3-5-12-24/h6-9,14-15H,2-5,10-13H2,1H3,(H,21,26)/p+1/t15-/m0/s1. The fourth-order valence-electron chi connectivity index (χ4n) is 3.39. The molecule has 2 N–H and O–H groups in total. The number of carbonyl (C=O) groups excluding carboxylic acids is 1. The molecule has 2 heterocycles. The summed E-state index contributed by atoms with van der Waals surface area (Å²) in [6, 6.07) is 6.14. The molecule has 0 unspecified atom stereocenters. The van der Waals surface area contributed by atoms with Crippen molar-refractivity contribution in [1.82, 2.24) is 20.3 Å². The van der Waals surface area contributed by atoms with Crippen LogP contribution in [0.25, 0.3) is 0 Å². The van der Waals surface area contributed by atoms with Gasteiger partial charge in [0.25, 0.3) is 5.91 Å². The van der Waals surface area contributed by atoms with Crippen LogP contribution in [0, 0.1) is 5.82 Å². The molecule has 1 saturated heterocycles. The number of hydrogen-bond acceptors (Lipinski definition) is 3. The maximum Gasteiger partial charge on any atom is 0.273 e. The lowest BCUT2D eigenvalue weighted by Crippen LogP contribution is -3.12. The predicted octanol–water partition coefficient (Wildman–Crippen LogP) is 1.22. The summed E-state index contributed by atoms with van der Waals surface area (Å²) in [5.74, 6) is -0.470. The molecule has 1 aliphatic heterocycles. The molecule has 6 nitrogen and oxygen atoms in total. The van der Waals surface area contributed by atoms with E-state index >= 15 is 0 Å². The third-order valence-corrected chi connectivity index (χ3v) is 5.07. The van der Waals surface area contributed by atoms with Crippen LogP contribution in [0.3, 0.4) is 0 Å². The van der Waals surface area contributed by atoms with E-state index in [0.717, 1.165) is 12.1 Å². The number of amides is 1. The van der Waals surface area contributed by atoms with Crippen LogP contribution in [0.15, 0.2) is 30.5 Å². The van der Waals surface area contributed by atoms with Crippen molar-refractivity contribution in [2.45, 2.75) is 38.6 Å². The van der Waals surface area contributed by atoms with Gasteiger partial charge in [-0.15, -0.1) is 5.10 Å². The average Bonchev–Trinajstić information content (AvgIpc) is 3.00. The largest absolute Gasteiger partial charge is 0.345 e. The number of benzene rings is 1. The first-order valence-electron chi connectivity index (χ1n) is 9.42. The molecule has 0 spiro atoms. The van der Waals surface area contributed by atoms with Crippen molar-refractivity contribution in [1.29, 1.82) is 0 Å². The van der Waals surface area contributed by atoms with Crippen molar-refractivity contribution >= 4 is 5.91 Å². The van der Waals surface area contributed by atoms with Crippen molar-refractivity contribution in [3.63, 3.8) is 0 Å². The molecular formula is C19H27FN5O+. The molecule has 1 atom stereocenters. The summed E-state index contributed by atoms with van der Waals surface area (Å²) < 4.78 is 14.7. The summed E-state index contributed by atoms with van der Waals surface area (Å²) in [5, 5.41) is 11.0. The maximum atomic E-state index is 13.0. The maximum absolute atomic E-state index is 13.0. The Bertz CT molecular complexity index is 707. The minimum absolute atomic E-state index is 0.119. The molecule has 1 aromatic carbocycles. The van der Waals surface area contributed by atoms with Gasteiger partial charge in [-0.2, -0.15) is 0 Å². The summed E-state index contributed by atoms with van der Waals surface area (Å²) >= 11 is 0. The highest BCUT2D eigenvalue weighted by Gasteiger charge is 2.16. The van der Waals surface area contributed by atoms with Crippen molar-refractivity contribution in [3.8, 4) is 0 Å². The molecule has 26 heavy (non-hydrogen) atoms. The van der Waals surface area contributed by atoms with E-state index in [1.54, 1.807) is 27.9 Å². The Hall–Kier alpha value is -2.28.